The summed E-state index contributed by atoms with van der Waals surface area (Å²) in [5.74, 6) is -0.776. The van der Waals surface area contributed by atoms with E-state index in [0.29, 0.717) is 26.1 Å². The number of ether oxygens (including phenoxy) is 7. The van der Waals surface area contributed by atoms with Crippen molar-refractivity contribution >= 4 is 5.91 Å². The molecule has 5 rings (SSSR count). The molecule has 0 aromatic carbocycles. The van der Waals surface area contributed by atoms with Crippen LogP contribution in [0.5, 0.6) is 0 Å². The molecule has 0 radical (unpaired) electrons. The number of carbonyl (C=O) groups is 1. The standard InChI is InChI=1S/C32H62N8O16/c33-3-1-5-39-6-7-50-23-12(40-28(49)13(42)2-4-34)8-11(36)22(53-29-16(37)20(45)19(44)15(10-41)52-29)24(23)54-31-26(48)32(25(47)27(32)55-31)56-30-17(38)21(46)18(43)14(9-35)51-30/h11-27,29-31,39,41-48H,1-10,33-38H2,(H,40,49)/t11-,12+,13-,14-,15+,16+,17+,18+,19+,20+,21+,22+,23-,24-,25?,26-,27+,29+,30+,31+,32-/m0/s1. The van der Waals surface area contributed by atoms with Gasteiger partial charge in [0.15, 0.2) is 24.5 Å². The number of aliphatic hydroxyl groups excluding tert-OH is 8. The van der Waals surface area contributed by atoms with Crippen LogP contribution in [0.1, 0.15) is 19.3 Å². The molecule has 2 aliphatic carbocycles. The van der Waals surface area contributed by atoms with Crippen LogP contribution >= 0.6 is 0 Å². The van der Waals surface area contributed by atoms with E-state index in [1.807, 2.05) is 0 Å². The van der Waals surface area contributed by atoms with E-state index in [0.717, 1.165) is 0 Å². The predicted molar refractivity (Wildman–Crippen MR) is 188 cm³/mol. The lowest BCUT2D eigenvalue weighted by Crippen LogP contribution is -2.69. The normalized spacial score (nSPS) is 47.0. The van der Waals surface area contributed by atoms with Crippen molar-refractivity contribution in [2.75, 3.05) is 45.9 Å². The molecule has 24 nitrogen and oxygen atoms in total. The maximum Gasteiger partial charge on any atom is 0.249 e. The number of rotatable bonds is 19. The Morgan fingerprint density at radius 1 is 0.786 bits per heavy atom. The first-order valence-corrected chi connectivity index (χ1v) is 19.0. The summed E-state index contributed by atoms with van der Waals surface area (Å²) in [5.41, 5.74) is 34.0. The smallest absolute Gasteiger partial charge is 0.249 e. The average Bonchev–Trinajstić information content (AvgIpc) is 3.62. The lowest BCUT2D eigenvalue weighted by molar-refractivity contribution is -0.319. The van der Waals surface area contributed by atoms with Gasteiger partial charge in [0, 0.05) is 19.1 Å². The molecule has 3 saturated heterocycles. The molecule has 22 N–H and O–H groups in total. The van der Waals surface area contributed by atoms with Gasteiger partial charge in [-0.05, 0) is 38.9 Å². The SMILES string of the molecule is NCCCNCCO[C@@H]1[C@@H](O[C@@H]2O[C@@H]3C(O)[C@]3(O[C@H]3O[C@@H](CN)[C@@H](O)[C@H](O)[C@H]3N)[C@H]2O)[C@H](O[C@H]2O[C@H](CO)[C@@H](O)[C@H](O)[C@H]2N)[C@@H](N)C[C@H]1NC(=O)[C@@H](O)CCN. The van der Waals surface area contributed by atoms with Crippen LogP contribution in [0.3, 0.4) is 0 Å². The van der Waals surface area contributed by atoms with Crippen molar-refractivity contribution in [1.29, 1.82) is 0 Å². The van der Waals surface area contributed by atoms with E-state index < -0.39 is 141 Å². The van der Waals surface area contributed by atoms with E-state index in [4.69, 9.17) is 67.6 Å². The summed E-state index contributed by atoms with van der Waals surface area (Å²) in [6.45, 7) is 0.477. The van der Waals surface area contributed by atoms with Crippen LogP contribution in [-0.4, -0.2) is 221 Å². The highest BCUT2D eigenvalue weighted by Gasteiger charge is 2.80. The third kappa shape index (κ3) is 9.31. The van der Waals surface area contributed by atoms with E-state index >= 15 is 0 Å². The Bertz CT molecular complexity index is 1250. The molecular formula is C32H62N8O16. The Balaban J connectivity index is 1.43. The van der Waals surface area contributed by atoms with Crippen molar-refractivity contribution in [3.63, 3.8) is 0 Å². The zero-order valence-corrected chi connectivity index (χ0v) is 30.9. The lowest BCUT2D eigenvalue weighted by Gasteiger charge is -2.49. The van der Waals surface area contributed by atoms with Gasteiger partial charge in [0.05, 0.1) is 31.3 Å². The van der Waals surface area contributed by atoms with Crippen LogP contribution in [0.2, 0.25) is 0 Å². The van der Waals surface area contributed by atoms with E-state index in [9.17, 15) is 45.6 Å². The first kappa shape index (κ1) is 45.7. The molecule has 3 aliphatic heterocycles. The molecule has 326 valence electrons. The minimum absolute atomic E-state index is 0.0167. The van der Waals surface area contributed by atoms with Gasteiger partial charge in [-0.2, -0.15) is 0 Å². The van der Waals surface area contributed by atoms with E-state index in [-0.39, 0.29) is 32.5 Å². The van der Waals surface area contributed by atoms with E-state index in [1.165, 1.54) is 0 Å². The van der Waals surface area contributed by atoms with Crippen LogP contribution in [0.4, 0.5) is 0 Å². The second-order valence-electron chi connectivity index (χ2n) is 14.9. The van der Waals surface area contributed by atoms with Gasteiger partial charge in [0.25, 0.3) is 0 Å². The second-order valence-corrected chi connectivity index (χ2v) is 14.9. The summed E-state index contributed by atoms with van der Waals surface area (Å²) >= 11 is 0. The van der Waals surface area contributed by atoms with Gasteiger partial charge in [-0.25, -0.2) is 0 Å². The summed E-state index contributed by atoms with van der Waals surface area (Å²) in [7, 11) is 0. The summed E-state index contributed by atoms with van der Waals surface area (Å²) in [6, 6.07) is -4.68. The number of hydrogen-bond acceptors (Lipinski definition) is 23. The fourth-order valence-corrected chi connectivity index (χ4v) is 7.69. The molecule has 0 bridgehead atoms. The molecular weight excluding hydrogens is 752 g/mol. The Morgan fingerprint density at radius 2 is 1.43 bits per heavy atom. The first-order valence-electron chi connectivity index (χ1n) is 19.0. The van der Waals surface area contributed by atoms with Gasteiger partial charge in [0.1, 0.15) is 79.4 Å². The van der Waals surface area contributed by atoms with Gasteiger partial charge in [-0.3, -0.25) is 4.79 Å². The quantitative estimate of drug-likeness (QED) is 0.0538. The third-order valence-corrected chi connectivity index (χ3v) is 11.1. The largest absolute Gasteiger partial charge is 0.394 e. The van der Waals surface area contributed by atoms with Crippen molar-refractivity contribution < 1.29 is 78.8 Å². The minimum Gasteiger partial charge on any atom is -0.394 e. The second kappa shape index (κ2) is 19.8. The molecule has 56 heavy (non-hydrogen) atoms. The van der Waals surface area contributed by atoms with E-state index in [1.54, 1.807) is 0 Å². The van der Waals surface area contributed by atoms with Crippen LogP contribution in [0.15, 0.2) is 0 Å². The van der Waals surface area contributed by atoms with Crippen molar-refractivity contribution in [3.8, 4) is 0 Å². The van der Waals surface area contributed by atoms with Gasteiger partial charge in [-0.15, -0.1) is 0 Å². The first-order chi connectivity index (χ1) is 26.7. The Morgan fingerprint density at radius 3 is 2.07 bits per heavy atom. The predicted octanol–water partition coefficient (Wildman–Crippen LogP) is -10.3. The number of nitrogens with one attached hydrogen (secondary N) is 2. The van der Waals surface area contributed by atoms with Crippen LogP contribution < -0.4 is 45.0 Å². The molecule has 2 saturated carbocycles. The number of carbonyl (C=O) groups excluding carboxylic acids is 1. The number of nitrogens with two attached hydrogens (primary N) is 6. The Hall–Kier alpha value is -1.41. The maximum atomic E-state index is 13.1. The highest BCUT2D eigenvalue weighted by molar-refractivity contribution is 5.80. The number of aliphatic hydroxyl groups is 8. The summed E-state index contributed by atoms with van der Waals surface area (Å²) in [6.07, 6.45) is -22.2. The highest BCUT2D eigenvalue weighted by Crippen LogP contribution is 2.55. The molecule has 0 spiro atoms. The summed E-state index contributed by atoms with van der Waals surface area (Å²) in [4.78, 5) is 13.1. The molecule has 1 unspecified atom stereocenters. The number of amides is 1. The summed E-state index contributed by atoms with van der Waals surface area (Å²) < 4.78 is 42.4. The molecule has 21 atom stereocenters. The van der Waals surface area contributed by atoms with Gasteiger partial charge < -0.3 is 119 Å². The van der Waals surface area contributed by atoms with Gasteiger partial charge >= 0.3 is 0 Å². The number of fused-ring (bicyclic) bond motifs is 1. The third-order valence-electron chi connectivity index (χ3n) is 11.1. The monoisotopic (exact) mass is 814 g/mol. The van der Waals surface area contributed by atoms with Crippen LogP contribution in [0, 0.1) is 0 Å². The molecule has 24 heteroatoms. The number of hydrogen-bond donors (Lipinski definition) is 16. The van der Waals surface area contributed by atoms with Crippen molar-refractivity contribution in [1.82, 2.24) is 10.6 Å². The van der Waals surface area contributed by atoms with Gasteiger partial charge in [-0.1, -0.05) is 0 Å². The highest BCUT2D eigenvalue weighted by atomic mass is 16.8. The molecule has 5 aliphatic rings. The molecule has 0 aromatic heterocycles. The van der Waals surface area contributed by atoms with Crippen molar-refractivity contribution in [3.05, 3.63) is 0 Å². The Labute approximate surface area is 322 Å². The van der Waals surface area contributed by atoms with Crippen LogP contribution in [0.25, 0.3) is 0 Å². The molecule has 3 heterocycles. The fourth-order valence-electron chi connectivity index (χ4n) is 7.69. The average molecular weight is 815 g/mol. The van der Waals surface area contributed by atoms with Gasteiger partial charge in [0.2, 0.25) is 5.91 Å². The van der Waals surface area contributed by atoms with Crippen molar-refractivity contribution in [2.24, 2.45) is 34.4 Å². The van der Waals surface area contributed by atoms with E-state index in [2.05, 4.69) is 10.6 Å². The molecule has 5 fully saturated rings. The zero-order valence-electron chi connectivity index (χ0n) is 30.9. The van der Waals surface area contributed by atoms with Crippen LogP contribution in [-0.2, 0) is 38.0 Å². The lowest BCUT2D eigenvalue weighted by atomic mass is 9.83. The zero-order chi connectivity index (χ0) is 41.1. The maximum absolute atomic E-state index is 13.1. The topological polar surface area (TPSA) is 424 Å². The summed E-state index contributed by atoms with van der Waals surface area (Å²) in [5, 5.41) is 90.8. The van der Waals surface area contributed by atoms with Crippen molar-refractivity contribution in [2.45, 2.75) is 147 Å². The molecule has 1 amide bonds. The Kier molecular flexibility index (Phi) is 16.1. The fraction of sp³-hybridized carbons (Fsp3) is 0.969. The minimum atomic E-state index is -1.89. The molecule has 0 aromatic rings.